The molecule has 1 N–H and O–H groups in total. The Kier molecular flexibility index (Phi) is 11.0. The fourth-order valence-corrected chi connectivity index (χ4v) is 5.97. The van der Waals surface area contributed by atoms with Gasteiger partial charge < -0.3 is 24.3 Å². The monoisotopic (exact) mass is 625 g/mol. The quantitative estimate of drug-likeness (QED) is 0.126. The third kappa shape index (κ3) is 7.87. The van der Waals surface area contributed by atoms with E-state index in [1.165, 1.54) is 22.3 Å². The van der Waals surface area contributed by atoms with Gasteiger partial charge in [-0.15, -0.1) is 0 Å². The number of ether oxygens (including phenoxy) is 4. The zero-order valence-electron chi connectivity index (χ0n) is 27.5. The Morgan fingerprint density at radius 2 is 1.34 bits per heavy atom. The van der Waals surface area contributed by atoms with Crippen molar-refractivity contribution >= 4 is 11.1 Å². The maximum atomic E-state index is 6.28. The van der Waals surface area contributed by atoms with Crippen LogP contribution >= 0.6 is 0 Å². The van der Waals surface area contributed by atoms with Crippen LogP contribution in [0, 0.1) is 0 Å². The van der Waals surface area contributed by atoms with E-state index in [1.807, 2.05) is 42.5 Å². The Morgan fingerprint density at radius 1 is 0.745 bits per heavy atom. The van der Waals surface area contributed by atoms with Gasteiger partial charge in [0.05, 0.1) is 27.2 Å². The number of methoxy groups -OCH3 is 3. The lowest BCUT2D eigenvalue weighted by Crippen LogP contribution is -2.19. The van der Waals surface area contributed by atoms with Crippen LogP contribution in [-0.4, -0.2) is 34.5 Å². The summed E-state index contributed by atoms with van der Waals surface area (Å²) >= 11 is 0. The lowest BCUT2D eigenvalue weighted by Gasteiger charge is -2.25. The minimum atomic E-state index is -0.316. The van der Waals surface area contributed by atoms with Crippen LogP contribution in [0.2, 0.25) is 0 Å². The zero-order chi connectivity index (χ0) is 33.2. The molecule has 1 aliphatic rings. The molecule has 0 saturated heterocycles. The van der Waals surface area contributed by atoms with Gasteiger partial charge in [0.15, 0.2) is 11.5 Å². The Bertz CT molecular complexity index is 1730. The van der Waals surface area contributed by atoms with E-state index in [4.69, 9.17) is 18.9 Å². The molecule has 0 aromatic heterocycles. The Labute approximate surface area is 279 Å². The average Bonchev–Trinajstić information content (AvgIpc) is 3.55. The van der Waals surface area contributed by atoms with Gasteiger partial charge in [-0.25, -0.2) is 0 Å². The van der Waals surface area contributed by atoms with Crippen LogP contribution in [0.4, 0.5) is 0 Å². The lowest BCUT2D eigenvalue weighted by molar-refractivity contribution is 0.224. The zero-order valence-corrected chi connectivity index (χ0v) is 27.5. The Balaban J connectivity index is 1.25. The van der Waals surface area contributed by atoms with E-state index in [-0.39, 0.29) is 18.4 Å². The number of benzene rings is 4. The normalized spacial score (nSPS) is 14.3. The summed E-state index contributed by atoms with van der Waals surface area (Å²) in [5, 5.41) is 3.48. The van der Waals surface area contributed by atoms with Crippen LogP contribution in [0.3, 0.4) is 0 Å². The SMILES string of the molecule is C=C(COC(=C)C(C(=C)c1cc(OC)c(OC)c(OC)c1)c1ccccc1)NCCC1=CC(c2ccccc2)C=C1c1ccccc1. The van der Waals surface area contributed by atoms with Crippen molar-refractivity contribution in [2.75, 3.05) is 34.5 Å². The van der Waals surface area contributed by atoms with Gasteiger partial charge in [-0.1, -0.05) is 123 Å². The molecule has 2 atom stereocenters. The van der Waals surface area contributed by atoms with E-state index in [1.54, 1.807) is 21.3 Å². The van der Waals surface area contributed by atoms with Crippen LogP contribution in [0.15, 0.2) is 152 Å². The van der Waals surface area contributed by atoms with Crippen molar-refractivity contribution in [1.29, 1.82) is 0 Å². The van der Waals surface area contributed by atoms with E-state index >= 15 is 0 Å². The summed E-state index contributed by atoms with van der Waals surface area (Å²) in [7, 11) is 4.79. The lowest BCUT2D eigenvalue weighted by atomic mass is 9.86. The first-order valence-electron chi connectivity index (χ1n) is 15.7. The van der Waals surface area contributed by atoms with Crippen LogP contribution in [0.25, 0.3) is 11.1 Å². The van der Waals surface area contributed by atoms with Crippen LogP contribution in [0.5, 0.6) is 17.2 Å². The predicted octanol–water partition coefficient (Wildman–Crippen LogP) is 9.34. The van der Waals surface area contributed by atoms with Crippen LogP contribution in [0.1, 0.15) is 40.5 Å². The molecule has 47 heavy (non-hydrogen) atoms. The van der Waals surface area contributed by atoms with E-state index < -0.39 is 0 Å². The summed E-state index contributed by atoms with van der Waals surface area (Å²) < 4.78 is 23.0. The first kappa shape index (κ1) is 33.0. The van der Waals surface area contributed by atoms with Gasteiger partial charge in [0.25, 0.3) is 0 Å². The highest BCUT2D eigenvalue weighted by atomic mass is 16.5. The predicted molar refractivity (Wildman–Crippen MR) is 193 cm³/mol. The van der Waals surface area contributed by atoms with Crippen molar-refractivity contribution in [3.05, 3.63) is 174 Å². The number of allylic oxidation sites excluding steroid dienone is 4. The molecule has 0 fully saturated rings. The summed E-state index contributed by atoms with van der Waals surface area (Å²) in [6, 6.07) is 35.1. The molecule has 5 rings (SSSR count). The van der Waals surface area contributed by atoms with Crippen molar-refractivity contribution in [2.24, 2.45) is 0 Å². The van der Waals surface area contributed by atoms with Crippen molar-refractivity contribution in [1.82, 2.24) is 5.32 Å². The summed E-state index contributed by atoms with van der Waals surface area (Å²) in [6.07, 6.45) is 5.60. The van der Waals surface area contributed by atoms with Gasteiger partial charge in [0, 0.05) is 18.2 Å². The standard InChI is InChI=1S/C42H43NO4/c1-29(43-23-22-35-24-37(32-16-10-7-11-17-32)25-38(35)33-18-12-8-13-19-33)28-47-31(3)41(34-20-14-9-15-21-34)30(2)36-26-39(44-4)42(46-6)40(27-36)45-5/h7-21,24-27,37,41,43H,1-3,22-23,28H2,4-6H3. The maximum absolute atomic E-state index is 6.28. The average molecular weight is 626 g/mol. The third-order valence-corrected chi connectivity index (χ3v) is 8.38. The first-order valence-corrected chi connectivity index (χ1v) is 15.7. The molecular weight excluding hydrogens is 582 g/mol. The van der Waals surface area contributed by atoms with Gasteiger partial charge in [-0.3, -0.25) is 0 Å². The molecule has 0 bridgehead atoms. The number of nitrogens with one attached hydrogen (secondary N) is 1. The molecule has 4 aromatic carbocycles. The Hall–Kier alpha value is -5.42. The largest absolute Gasteiger partial charge is 0.493 e. The van der Waals surface area contributed by atoms with E-state index in [9.17, 15) is 0 Å². The molecule has 0 spiro atoms. The van der Waals surface area contributed by atoms with Crippen LogP contribution < -0.4 is 19.5 Å². The third-order valence-electron chi connectivity index (χ3n) is 8.38. The molecule has 1 aliphatic carbocycles. The fourth-order valence-electron chi connectivity index (χ4n) is 5.97. The number of hydrogen-bond donors (Lipinski definition) is 1. The smallest absolute Gasteiger partial charge is 0.203 e. The van der Waals surface area contributed by atoms with Crippen LogP contribution in [-0.2, 0) is 4.74 Å². The summed E-state index contributed by atoms with van der Waals surface area (Å²) in [5.74, 6) is 2.13. The molecular formula is C42H43NO4. The molecule has 0 heterocycles. The van der Waals surface area contributed by atoms with Crippen molar-refractivity contribution in [3.63, 3.8) is 0 Å². The second-order valence-corrected chi connectivity index (χ2v) is 11.4. The maximum Gasteiger partial charge on any atom is 0.203 e. The highest BCUT2D eigenvalue weighted by molar-refractivity contribution is 5.83. The minimum absolute atomic E-state index is 0.255. The molecule has 2 unspecified atom stereocenters. The Morgan fingerprint density at radius 3 is 1.94 bits per heavy atom. The summed E-state index contributed by atoms with van der Waals surface area (Å²) in [6.45, 7) is 14.1. The fraction of sp³-hybridized carbons (Fsp3) is 0.190. The molecule has 5 heteroatoms. The molecule has 0 aliphatic heterocycles. The van der Waals surface area contributed by atoms with Gasteiger partial charge in [-0.05, 0) is 57.5 Å². The van der Waals surface area contributed by atoms with Crippen molar-refractivity contribution in [2.45, 2.75) is 18.3 Å². The van der Waals surface area contributed by atoms with Gasteiger partial charge in [0.1, 0.15) is 12.4 Å². The minimum Gasteiger partial charge on any atom is -0.493 e. The highest BCUT2D eigenvalue weighted by Crippen LogP contribution is 2.44. The van der Waals surface area contributed by atoms with Gasteiger partial charge in [-0.2, -0.15) is 0 Å². The number of hydrogen-bond acceptors (Lipinski definition) is 5. The summed E-state index contributed by atoms with van der Waals surface area (Å²) in [4.78, 5) is 0. The van der Waals surface area contributed by atoms with E-state index in [0.717, 1.165) is 35.4 Å². The molecule has 0 radical (unpaired) electrons. The molecule has 0 saturated carbocycles. The molecule has 4 aromatic rings. The second-order valence-electron chi connectivity index (χ2n) is 11.4. The van der Waals surface area contributed by atoms with E-state index in [0.29, 0.717) is 23.0 Å². The second kappa shape index (κ2) is 15.7. The molecule has 240 valence electrons. The van der Waals surface area contributed by atoms with Crippen molar-refractivity contribution in [3.8, 4) is 17.2 Å². The highest BCUT2D eigenvalue weighted by Gasteiger charge is 2.25. The first-order chi connectivity index (χ1) is 22.9. The molecule has 0 amide bonds. The van der Waals surface area contributed by atoms with Crippen molar-refractivity contribution < 1.29 is 18.9 Å². The van der Waals surface area contributed by atoms with Gasteiger partial charge >= 0.3 is 0 Å². The summed E-state index contributed by atoms with van der Waals surface area (Å²) in [5.41, 5.74) is 8.54. The topological polar surface area (TPSA) is 49.0 Å². The number of rotatable bonds is 16. The van der Waals surface area contributed by atoms with E-state index in [2.05, 4.69) is 97.9 Å². The van der Waals surface area contributed by atoms with Gasteiger partial charge in [0.2, 0.25) is 5.75 Å². The molecule has 5 nitrogen and oxygen atoms in total.